The molecule has 2 aromatic rings. The summed E-state index contributed by atoms with van der Waals surface area (Å²) >= 11 is 5.93. The van der Waals surface area contributed by atoms with Crippen LogP contribution < -0.4 is 10.2 Å². The molecule has 0 saturated carbocycles. The first-order chi connectivity index (χ1) is 13.5. The molecule has 0 radical (unpaired) electrons. The van der Waals surface area contributed by atoms with Crippen LogP contribution in [0.2, 0.25) is 5.02 Å². The Bertz CT molecular complexity index is 884. The standard InChI is InChI=1S/C21H21ClN2O4/c22-16-6-3-5-15(13-16)10-11-23-19(25)14-28-21(27)17-7-1-2-8-18(17)24-12-4-9-20(24)26/h1-3,5-8,13H,4,9-12,14H2,(H,23,25). The summed E-state index contributed by atoms with van der Waals surface area (Å²) < 4.78 is 5.14. The van der Waals surface area contributed by atoms with E-state index in [-0.39, 0.29) is 24.0 Å². The zero-order valence-corrected chi connectivity index (χ0v) is 16.1. The van der Waals surface area contributed by atoms with Gasteiger partial charge in [0, 0.05) is 24.5 Å². The van der Waals surface area contributed by atoms with E-state index in [0.29, 0.717) is 36.6 Å². The second-order valence-electron chi connectivity index (χ2n) is 6.47. The van der Waals surface area contributed by atoms with E-state index in [9.17, 15) is 14.4 Å². The lowest BCUT2D eigenvalue weighted by atomic mass is 10.1. The molecule has 0 unspecified atom stereocenters. The summed E-state index contributed by atoms with van der Waals surface area (Å²) in [6.07, 6.45) is 1.86. The molecule has 1 N–H and O–H groups in total. The van der Waals surface area contributed by atoms with Gasteiger partial charge in [0.1, 0.15) is 0 Å². The van der Waals surface area contributed by atoms with Gasteiger partial charge in [0.25, 0.3) is 5.91 Å². The van der Waals surface area contributed by atoms with Gasteiger partial charge >= 0.3 is 5.97 Å². The predicted molar refractivity (Wildman–Crippen MR) is 106 cm³/mol. The van der Waals surface area contributed by atoms with Crippen molar-refractivity contribution in [3.8, 4) is 0 Å². The molecule has 0 bridgehead atoms. The first-order valence-corrected chi connectivity index (χ1v) is 9.50. The lowest BCUT2D eigenvalue weighted by molar-refractivity contribution is -0.124. The number of benzene rings is 2. The van der Waals surface area contributed by atoms with Crippen LogP contribution in [0, 0.1) is 0 Å². The summed E-state index contributed by atoms with van der Waals surface area (Å²) in [4.78, 5) is 37.9. The number of anilines is 1. The largest absolute Gasteiger partial charge is 0.452 e. The molecule has 2 aromatic carbocycles. The Morgan fingerprint density at radius 1 is 1.14 bits per heavy atom. The number of hydrogen-bond acceptors (Lipinski definition) is 4. The first kappa shape index (κ1) is 19.9. The summed E-state index contributed by atoms with van der Waals surface area (Å²) in [6.45, 7) is 0.610. The molecule has 0 atom stereocenters. The number of nitrogens with one attached hydrogen (secondary N) is 1. The third-order valence-corrected chi connectivity index (χ3v) is 4.68. The molecule has 146 valence electrons. The van der Waals surface area contributed by atoms with Crippen molar-refractivity contribution >= 4 is 35.1 Å². The van der Waals surface area contributed by atoms with Gasteiger partial charge in [-0.05, 0) is 42.7 Å². The van der Waals surface area contributed by atoms with Crippen molar-refractivity contribution in [2.75, 3.05) is 24.6 Å². The maximum absolute atomic E-state index is 12.4. The molecule has 1 aliphatic rings. The van der Waals surface area contributed by atoms with Crippen LogP contribution in [0.25, 0.3) is 0 Å². The highest BCUT2D eigenvalue weighted by molar-refractivity contribution is 6.30. The van der Waals surface area contributed by atoms with Gasteiger partial charge < -0.3 is 15.0 Å². The molecule has 0 aliphatic carbocycles. The Morgan fingerprint density at radius 3 is 2.71 bits per heavy atom. The maximum Gasteiger partial charge on any atom is 0.340 e. The van der Waals surface area contributed by atoms with Crippen molar-refractivity contribution in [3.63, 3.8) is 0 Å². The van der Waals surface area contributed by atoms with Crippen LogP contribution in [-0.2, 0) is 20.7 Å². The monoisotopic (exact) mass is 400 g/mol. The summed E-state index contributed by atoms with van der Waals surface area (Å²) in [7, 11) is 0. The number of nitrogens with zero attached hydrogens (tertiary/aromatic N) is 1. The van der Waals surface area contributed by atoms with Crippen molar-refractivity contribution < 1.29 is 19.1 Å². The zero-order valence-electron chi connectivity index (χ0n) is 15.3. The minimum atomic E-state index is -0.625. The second kappa shape index (κ2) is 9.37. The molecule has 0 aromatic heterocycles. The molecule has 7 heteroatoms. The maximum atomic E-state index is 12.4. The van der Waals surface area contributed by atoms with Crippen LogP contribution in [0.1, 0.15) is 28.8 Å². The van der Waals surface area contributed by atoms with Gasteiger partial charge in [-0.15, -0.1) is 0 Å². The Morgan fingerprint density at radius 2 is 1.96 bits per heavy atom. The van der Waals surface area contributed by atoms with Crippen molar-refractivity contribution in [2.24, 2.45) is 0 Å². The molecule has 28 heavy (non-hydrogen) atoms. The normalized spacial score (nSPS) is 13.5. The fourth-order valence-electron chi connectivity index (χ4n) is 3.08. The minimum Gasteiger partial charge on any atom is -0.452 e. The van der Waals surface area contributed by atoms with E-state index in [1.165, 1.54) is 0 Å². The summed E-state index contributed by atoms with van der Waals surface area (Å²) in [5.41, 5.74) is 1.81. The van der Waals surface area contributed by atoms with Gasteiger partial charge in [0.15, 0.2) is 6.61 Å². The van der Waals surface area contributed by atoms with E-state index in [4.69, 9.17) is 16.3 Å². The van der Waals surface area contributed by atoms with Crippen LogP contribution in [0.4, 0.5) is 5.69 Å². The van der Waals surface area contributed by atoms with Crippen LogP contribution in [-0.4, -0.2) is 37.5 Å². The fourth-order valence-corrected chi connectivity index (χ4v) is 3.30. The van der Waals surface area contributed by atoms with E-state index in [0.717, 1.165) is 12.0 Å². The Hall–Kier alpha value is -2.86. The van der Waals surface area contributed by atoms with Crippen molar-refractivity contribution in [2.45, 2.75) is 19.3 Å². The number of ether oxygens (including phenoxy) is 1. The number of esters is 1. The third-order valence-electron chi connectivity index (χ3n) is 4.45. The molecular weight excluding hydrogens is 380 g/mol. The molecule has 0 spiro atoms. The SMILES string of the molecule is O=C(COC(=O)c1ccccc1N1CCCC1=O)NCCc1cccc(Cl)c1. The van der Waals surface area contributed by atoms with Gasteiger partial charge in [-0.3, -0.25) is 9.59 Å². The highest BCUT2D eigenvalue weighted by atomic mass is 35.5. The van der Waals surface area contributed by atoms with E-state index < -0.39 is 5.97 Å². The fraction of sp³-hybridized carbons (Fsp3) is 0.286. The van der Waals surface area contributed by atoms with Gasteiger partial charge in [0.05, 0.1) is 11.3 Å². The number of carbonyl (C=O) groups is 3. The number of rotatable bonds is 7. The summed E-state index contributed by atoms with van der Waals surface area (Å²) in [6, 6.07) is 14.2. The van der Waals surface area contributed by atoms with Gasteiger partial charge in [0.2, 0.25) is 5.91 Å². The van der Waals surface area contributed by atoms with E-state index in [1.807, 2.05) is 18.2 Å². The van der Waals surface area contributed by atoms with Crippen molar-refractivity contribution in [1.29, 1.82) is 0 Å². The van der Waals surface area contributed by atoms with E-state index >= 15 is 0 Å². The van der Waals surface area contributed by atoms with Gasteiger partial charge in [-0.25, -0.2) is 4.79 Å². The number of carbonyl (C=O) groups excluding carboxylic acids is 3. The smallest absolute Gasteiger partial charge is 0.340 e. The van der Waals surface area contributed by atoms with E-state index in [2.05, 4.69) is 5.32 Å². The lowest BCUT2D eigenvalue weighted by Gasteiger charge is -2.18. The molecule has 2 amide bonds. The molecule has 1 aliphatic heterocycles. The number of halogens is 1. The molecule has 6 nitrogen and oxygen atoms in total. The topological polar surface area (TPSA) is 75.7 Å². The highest BCUT2D eigenvalue weighted by Gasteiger charge is 2.26. The highest BCUT2D eigenvalue weighted by Crippen LogP contribution is 2.25. The third kappa shape index (κ3) is 5.10. The van der Waals surface area contributed by atoms with Crippen LogP contribution >= 0.6 is 11.6 Å². The van der Waals surface area contributed by atoms with Crippen molar-refractivity contribution in [3.05, 3.63) is 64.7 Å². The molecule has 1 saturated heterocycles. The molecule has 1 fully saturated rings. The van der Waals surface area contributed by atoms with E-state index in [1.54, 1.807) is 35.2 Å². The number of hydrogen-bond donors (Lipinski definition) is 1. The Kier molecular flexibility index (Phi) is 6.66. The van der Waals surface area contributed by atoms with Crippen LogP contribution in [0.3, 0.4) is 0 Å². The molecule has 1 heterocycles. The Balaban J connectivity index is 1.50. The van der Waals surface area contributed by atoms with Gasteiger partial charge in [-0.2, -0.15) is 0 Å². The van der Waals surface area contributed by atoms with Crippen molar-refractivity contribution in [1.82, 2.24) is 5.32 Å². The average molecular weight is 401 g/mol. The molecule has 3 rings (SSSR count). The van der Waals surface area contributed by atoms with Gasteiger partial charge in [-0.1, -0.05) is 35.9 Å². The lowest BCUT2D eigenvalue weighted by Crippen LogP contribution is -2.31. The first-order valence-electron chi connectivity index (χ1n) is 9.12. The zero-order chi connectivity index (χ0) is 19.9. The quantitative estimate of drug-likeness (QED) is 0.725. The Labute approximate surface area is 168 Å². The molecular formula is C21H21ClN2O4. The predicted octanol–water partition coefficient (Wildman–Crippen LogP) is 2.98. The summed E-state index contributed by atoms with van der Waals surface area (Å²) in [5, 5.41) is 3.36. The number of para-hydroxylation sites is 1. The number of amides is 2. The average Bonchev–Trinajstić information content (AvgIpc) is 3.12. The summed E-state index contributed by atoms with van der Waals surface area (Å²) in [5.74, 6) is -1.02. The second-order valence-corrected chi connectivity index (χ2v) is 6.91. The minimum absolute atomic E-state index is 0.0148. The van der Waals surface area contributed by atoms with Crippen LogP contribution in [0.5, 0.6) is 0 Å². The van der Waals surface area contributed by atoms with Crippen LogP contribution in [0.15, 0.2) is 48.5 Å².